The number of methoxy groups -OCH3 is 1. The van der Waals surface area contributed by atoms with Gasteiger partial charge in [0.15, 0.2) is 9.92 Å². The van der Waals surface area contributed by atoms with Gasteiger partial charge in [-0.3, -0.25) is 9.48 Å². The van der Waals surface area contributed by atoms with Crippen molar-refractivity contribution in [2.45, 2.75) is 69.2 Å². The maximum Gasteiger partial charge on any atom is 0.332 e. The molecule has 2 aromatic carbocycles. The number of aromatic nitrogens is 2. The maximum absolute atomic E-state index is 14.9. The first-order valence-corrected chi connectivity index (χ1v) is 18.8. The van der Waals surface area contributed by atoms with Gasteiger partial charge in [-0.15, -0.1) is 4.36 Å². The number of benzene rings is 2. The number of nitrogens with one attached hydrogen (secondary N) is 2. The number of amides is 3. The smallest absolute Gasteiger partial charge is 0.332 e. The largest absolute Gasteiger partial charge is 0.487 e. The molecule has 1 aromatic heterocycles. The number of fused-ring (bicyclic) bond motifs is 3. The van der Waals surface area contributed by atoms with E-state index in [1.54, 1.807) is 52.4 Å². The van der Waals surface area contributed by atoms with Gasteiger partial charge in [-0.05, 0) is 99.2 Å². The molecule has 268 valence electrons. The molecule has 2 bridgehead atoms. The van der Waals surface area contributed by atoms with Gasteiger partial charge in [0.05, 0.1) is 35.2 Å². The summed E-state index contributed by atoms with van der Waals surface area (Å²) in [5.74, 6) is 0.416. The SMILES string of the molecule is CO[C@H]1/C=C/COC(C)(C)C(=O)N=[S@](=O)(NC(=O)Nc2cnn(C)c2)c2ccc3c(c2)N(CCCCc2cc(Cl)ccc2CO3)C[C@@H]2CC[C@H]21. The molecule has 6 rings (SSSR count). The van der Waals surface area contributed by atoms with Crippen molar-refractivity contribution in [1.82, 2.24) is 14.5 Å². The molecule has 1 fully saturated rings. The molecule has 3 heterocycles. The van der Waals surface area contributed by atoms with Crippen molar-refractivity contribution in [3.8, 4) is 5.75 Å². The molecule has 50 heavy (non-hydrogen) atoms. The van der Waals surface area contributed by atoms with E-state index in [4.69, 9.17) is 25.8 Å². The minimum Gasteiger partial charge on any atom is -0.487 e. The highest BCUT2D eigenvalue weighted by Crippen LogP contribution is 2.42. The number of hydrogen-bond donors (Lipinski definition) is 2. The molecule has 0 saturated heterocycles. The summed E-state index contributed by atoms with van der Waals surface area (Å²) in [6, 6.07) is 10.1. The topological polar surface area (TPSA) is 136 Å². The van der Waals surface area contributed by atoms with Crippen LogP contribution >= 0.6 is 11.6 Å². The van der Waals surface area contributed by atoms with Crippen molar-refractivity contribution in [1.29, 1.82) is 0 Å². The Kier molecular flexibility index (Phi) is 10.9. The predicted octanol–water partition coefficient (Wildman–Crippen LogP) is 6.29. The van der Waals surface area contributed by atoms with Crippen molar-refractivity contribution in [3.05, 3.63) is 77.1 Å². The molecule has 1 saturated carbocycles. The zero-order valence-corrected chi connectivity index (χ0v) is 30.5. The lowest BCUT2D eigenvalue weighted by molar-refractivity contribution is -0.137. The van der Waals surface area contributed by atoms with Gasteiger partial charge < -0.3 is 24.4 Å². The molecule has 12 nitrogen and oxygen atoms in total. The molecule has 3 amide bonds. The zero-order valence-electron chi connectivity index (χ0n) is 28.9. The first-order chi connectivity index (χ1) is 23.9. The van der Waals surface area contributed by atoms with Gasteiger partial charge in [0.1, 0.15) is 18.0 Å². The Morgan fingerprint density at radius 1 is 1.14 bits per heavy atom. The minimum atomic E-state index is -3.90. The predicted molar refractivity (Wildman–Crippen MR) is 193 cm³/mol. The molecule has 4 atom stereocenters. The third-order valence-electron chi connectivity index (χ3n) is 9.68. The normalized spacial score (nSPS) is 26.1. The van der Waals surface area contributed by atoms with E-state index in [0.717, 1.165) is 43.2 Å². The minimum absolute atomic E-state index is 0.111. The molecule has 3 aliphatic rings. The highest BCUT2D eigenvalue weighted by Gasteiger charge is 2.38. The Hall–Kier alpha value is -3.91. The average molecular weight is 725 g/mol. The number of nitrogens with zero attached hydrogens (tertiary/aromatic N) is 4. The fourth-order valence-electron chi connectivity index (χ4n) is 6.66. The number of ether oxygens (including phenoxy) is 3. The van der Waals surface area contributed by atoms with E-state index in [1.807, 2.05) is 30.4 Å². The Balaban J connectivity index is 1.46. The van der Waals surface area contributed by atoms with Gasteiger partial charge in [-0.2, -0.15) is 5.10 Å². The van der Waals surface area contributed by atoms with E-state index in [1.165, 1.54) is 10.9 Å². The van der Waals surface area contributed by atoms with E-state index < -0.39 is 27.5 Å². The van der Waals surface area contributed by atoms with Crippen LogP contribution in [0.2, 0.25) is 5.02 Å². The number of anilines is 2. The Morgan fingerprint density at radius 3 is 2.72 bits per heavy atom. The molecule has 0 spiro atoms. The van der Waals surface area contributed by atoms with Gasteiger partial charge in [-0.1, -0.05) is 29.8 Å². The van der Waals surface area contributed by atoms with Crippen LogP contribution in [0.1, 0.15) is 50.7 Å². The second-order valence-corrected chi connectivity index (χ2v) is 15.9. The maximum atomic E-state index is 14.9. The van der Waals surface area contributed by atoms with E-state index in [9.17, 15) is 13.8 Å². The summed E-state index contributed by atoms with van der Waals surface area (Å²) in [5.41, 5.74) is 1.84. The number of halogens is 1. The lowest BCUT2D eigenvalue weighted by Crippen LogP contribution is -2.44. The van der Waals surface area contributed by atoms with Gasteiger partial charge in [0.2, 0.25) is 0 Å². The molecule has 0 unspecified atom stereocenters. The third kappa shape index (κ3) is 8.17. The summed E-state index contributed by atoms with van der Waals surface area (Å²) in [4.78, 5) is 29.5. The van der Waals surface area contributed by atoms with Crippen LogP contribution in [0.25, 0.3) is 0 Å². The quantitative estimate of drug-likeness (QED) is 0.301. The monoisotopic (exact) mass is 724 g/mol. The second kappa shape index (κ2) is 15.1. The molecular weight excluding hydrogens is 680 g/mol. The van der Waals surface area contributed by atoms with Crippen LogP contribution in [-0.4, -0.2) is 64.4 Å². The Labute approximate surface area is 298 Å². The number of rotatable bonds is 3. The first-order valence-electron chi connectivity index (χ1n) is 17.0. The molecule has 2 aliphatic heterocycles. The van der Waals surface area contributed by atoms with Crippen LogP contribution in [0, 0.1) is 11.8 Å². The number of carbonyl (C=O) groups is 2. The van der Waals surface area contributed by atoms with E-state index >= 15 is 0 Å². The third-order valence-corrected chi connectivity index (χ3v) is 11.7. The van der Waals surface area contributed by atoms with Crippen LogP contribution in [0.4, 0.5) is 16.2 Å². The van der Waals surface area contributed by atoms with Gasteiger partial charge in [0, 0.05) is 38.5 Å². The lowest BCUT2D eigenvalue weighted by Gasteiger charge is -2.43. The molecule has 1 aliphatic carbocycles. The van der Waals surface area contributed by atoms with Gasteiger partial charge in [-0.25, -0.2) is 13.7 Å². The van der Waals surface area contributed by atoms with Gasteiger partial charge >= 0.3 is 6.03 Å². The molecule has 0 radical (unpaired) electrons. The first kappa shape index (κ1) is 35.9. The van der Waals surface area contributed by atoms with Crippen LogP contribution in [0.5, 0.6) is 5.75 Å². The fourth-order valence-corrected chi connectivity index (χ4v) is 8.40. The van der Waals surface area contributed by atoms with Crippen LogP contribution in [0.3, 0.4) is 0 Å². The molecule has 14 heteroatoms. The van der Waals surface area contributed by atoms with E-state index in [2.05, 4.69) is 24.4 Å². The summed E-state index contributed by atoms with van der Waals surface area (Å²) in [7, 11) is -0.470. The highest BCUT2D eigenvalue weighted by molar-refractivity contribution is 7.92. The summed E-state index contributed by atoms with van der Waals surface area (Å²) in [6.45, 7) is 4.99. The van der Waals surface area contributed by atoms with Crippen LogP contribution in [0.15, 0.2) is 70.2 Å². The van der Waals surface area contributed by atoms with Gasteiger partial charge in [0.25, 0.3) is 5.91 Å². The molecule has 2 N–H and O–H groups in total. The lowest BCUT2D eigenvalue weighted by atomic mass is 9.70. The standard InChI is InChI=1S/C36H45ClN6O6S/c1-36(2)34(44)40-50(46,41-35(45)39-28-20-38-42(3)22-28)29-13-15-33-31(19-29)43(21-25-11-14-30(25)32(47-4)9-7-17-49-36)16-6-5-8-24-18-27(37)12-10-26(24)23-48-33/h7,9-10,12-13,15,18-20,22,25,30,32H,5-6,8,11,14,16-17,21,23H2,1-4H3,(H2,39,40,41,44,45,46)/b9-7+/t25-,30+,32-,50-/m0/s1. The van der Waals surface area contributed by atoms with E-state index in [0.29, 0.717) is 47.8 Å². The zero-order chi connectivity index (χ0) is 35.5. The van der Waals surface area contributed by atoms with Crippen LogP contribution in [-0.2, 0) is 44.3 Å². The Bertz CT molecular complexity index is 1890. The molecule has 3 aromatic rings. The summed E-state index contributed by atoms with van der Waals surface area (Å²) >= 11 is 6.37. The fraction of sp³-hybridized carbons (Fsp3) is 0.472. The number of carbonyl (C=O) groups excluding carboxylic acids is 2. The van der Waals surface area contributed by atoms with Crippen LogP contribution < -0.4 is 19.7 Å². The van der Waals surface area contributed by atoms with Crippen molar-refractivity contribution in [2.75, 3.05) is 37.0 Å². The van der Waals surface area contributed by atoms with E-state index in [-0.39, 0.29) is 23.5 Å². The Morgan fingerprint density at radius 2 is 1.98 bits per heavy atom. The molecular formula is C36H45ClN6O6S. The van der Waals surface area contributed by atoms with Crippen molar-refractivity contribution >= 4 is 44.8 Å². The summed E-state index contributed by atoms with van der Waals surface area (Å²) in [6.07, 6.45) is 11.5. The highest BCUT2D eigenvalue weighted by atomic mass is 35.5. The van der Waals surface area contributed by atoms with Crippen molar-refractivity contribution in [3.63, 3.8) is 0 Å². The van der Waals surface area contributed by atoms with Crippen molar-refractivity contribution in [2.24, 2.45) is 23.2 Å². The number of urea groups is 1. The van der Waals surface area contributed by atoms with Crippen molar-refractivity contribution < 1.29 is 28.0 Å². The summed E-state index contributed by atoms with van der Waals surface area (Å²) < 4.78 is 41.6. The number of aryl methyl sites for hydroxylation is 2. The average Bonchev–Trinajstić information content (AvgIpc) is 3.46. The number of hydrogen-bond acceptors (Lipinski definition) is 8. The second-order valence-electron chi connectivity index (χ2n) is 13.6. The summed E-state index contributed by atoms with van der Waals surface area (Å²) in [5, 5.41) is 7.40.